The number of hydrogen-bond acceptors (Lipinski definition) is 5. The summed E-state index contributed by atoms with van der Waals surface area (Å²) in [6.07, 6.45) is 5.35. The van der Waals surface area contributed by atoms with Crippen LogP contribution in [0.2, 0.25) is 0 Å². The number of nitrogens with zero attached hydrogens (tertiary/aromatic N) is 5. The van der Waals surface area contributed by atoms with Crippen LogP contribution in [-0.2, 0) is 17.8 Å². The van der Waals surface area contributed by atoms with Gasteiger partial charge in [-0.05, 0) is 47.0 Å². The molecule has 0 saturated carbocycles. The Morgan fingerprint density at radius 3 is 2.56 bits per heavy atom. The quantitative estimate of drug-likeness (QED) is 0.333. The van der Waals surface area contributed by atoms with Crippen LogP contribution in [0, 0.1) is 0 Å². The minimum absolute atomic E-state index is 0.325. The lowest BCUT2D eigenvalue weighted by Gasteiger charge is -2.15. The number of nitrogens with one attached hydrogen (secondary N) is 1. The fourth-order valence-electron chi connectivity index (χ4n) is 3.77. The van der Waals surface area contributed by atoms with E-state index in [4.69, 9.17) is 5.10 Å². The number of fused-ring (bicyclic) bond motifs is 1. The minimum Gasteiger partial charge on any atom is -0.323 e. The van der Waals surface area contributed by atoms with Gasteiger partial charge in [-0.1, -0.05) is 42.5 Å². The molecule has 3 aromatic heterocycles. The van der Waals surface area contributed by atoms with E-state index in [9.17, 15) is 8.76 Å². The zero-order valence-electron chi connectivity index (χ0n) is 18.4. The Hall–Kier alpha value is -3.92. The number of rotatable bonds is 7. The van der Waals surface area contributed by atoms with Crippen molar-refractivity contribution in [1.82, 2.24) is 23.9 Å². The number of benzene rings is 2. The zero-order chi connectivity index (χ0) is 23.5. The van der Waals surface area contributed by atoms with Crippen molar-refractivity contribution < 1.29 is 8.76 Å². The normalized spacial score (nSPS) is 12.2. The van der Waals surface area contributed by atoms with Crippen molar-refractivity contribution in [2.45, 2.75) is 6.54 Å². The van der Waals surface area contributed by atoms with Gasteiger partial charge in [-0.25, -0.2) is 13.7 Å². The number of anilines is 2. The van der Waals surface area contributed by atoms with Gasteiger partial charge in [-0.2, -0.15) is 4.31 Å². The summed E-state index contributed by atoms with van der Waals surface area (Å²) >= 11 is -2.05. The molecule has 170 valence electrons. The van der Waals surface area contributed by atoms with Gasteiger partial charge in [0, 0.05) is 37.2 Å². The molecule has 3 heterocycles. The Balaban J connectivity index is 1.44. The molecule has 1 atom stereocenters. The predicted molar refractivity (Wildman–Crippen MR) is 134 cm³/mol. The molecule has 0 aliphatic heterocycles. The molecule has 2 N–H and O–H groups in total. The van der Waals surface area contributed by atoms with Crippen LogP contribution in [0.5, 0.6) is 0 Å². The lowest BCUT2D eigenvalue weighted by Crippen LogP contribution is -2.20. The summed E-state index contributed by atoms with van der Waals surface area (Å²) in [7, 11) is 1.60. The van der Waals surface area contributed by atoms with Crippen molar-refractivity contribution in [2.75, 3.05) is 12.4 Å². The van der Waals surface area contributed by atoms with E-state index in [-0.39, 0.29) is 0 Å². The van der Waals surface area contributed by atoms with Gasteiger partial charge in [-0.15, -0.1) is 5.10 Å². The average molecular weight is 471 g/mol. The van der Waals surface area contributed by atoms with Crippen molar-refractivity contribution in [3.8, 4) is 22.4 Å². The summed E-state index contributed by atoms with van der Waals surface area (Å²) in [5.74, 6) is 0.463. The third kappa shape index (κ3) is 4.58. The minimum atomic E-state index is -2.05. The second-order valence-corrected chi connectivity index (χ2v) is 8.84. The summed E-state index contributed by atoms with van der Waals surface area (Å²) in [5.41, 5.74) is 6.58. The van der Waals surface area contributed by atoms with Gasteiger partial charge >= 0.3 is 0 Å². The molecule has 0 bridgehead atoms. The van der Waals surface area contributed by atoms with Gasteiger partial charge in [0.25, 0.3) is 0 Å². The van der Waals surface area contributed by atoms with Gasteiger partial charge in [0.15, 0.2) is 0 Å². The number of aromatic nitrogens is 4. The highest BCUT2D eigenvalue weighted by Crippen LogP contribution is 2.27. The summed E-state index contributed by atoms with van der Waals surface area (Å²) < 4.78 is 24.0. The maximum absolute atomic E-state index is 11.4. The van der Waals surface area contributed by atoms with Gasteiger partial charge in [0.05, 0.1) is 17.4 Å². The molecule has 5 rings (SSSR count). The maximum atomic E-state index is 11.4. The lowest BCUT2D eigenvalue weighted by atomic mass is 10.0. The first-order valence-electron chi connectivity index (χ1n) is 10.6. The first kappa shape index (κ1) is 21.9. The molecule has 0 fully saturated rings. The molecule has 1 unspecified atom stereocenters. The third-order valence-electron chi connectivity index (χ3n) is 5.49. The monoisotopic (exact) mass is 470 g/mol. The van der Waals surface area contributed by atoms with E-state index in [0.717, 1.165) is 39.2 Å². The SMILES string of the molecule is CN(Cc1ccccc1-c1ccc2cnc(Nc3ccc(-c4cccnc4)cc3)nn12)S(=O)O. The van der Waals surface area contributed by atoms with E-state index in [0.29, 0.717) is 12.5 Å². The highest BCUT2D eigenvalue weighted by Gasteiger charge is 2.14. The summed E-state index contributed by atoms with van der Waals surface area (Å²) in [6.45, 7) is 0.325. The fraction of sp³-hybridized carbons (Fsp3) is 0.0800. The zero-order valence-corrected chi connectivity index (χ0v) is 19.2. The van der Waals surface area contributed by atoms with Crippen LogP contribution in [0.1, 0.15) is 5.56 Å². The van der Waals surface area contributed by atoms with Gasteiger partial charge < -0.3 is 5.32 Å². The third-order valence-corrected chi connectivity index (χ3v) is 6.15. The molecule has 9 heteroatoms. The maximum Gasteiger partial charge on any atom is 0.245 e. The predicted octanol–water partition coefficient (Wildman–Crippen LogP) is 4.77. The molecule has 0 saturated heterocycles. The fourth-order valence-corrected chi connectivity index (χ4v) is 4.02. The van der Waals surface area contributed by atoms with Crippen LogP contribution >= 0.6 is 0 Å². The van der Waals surface area contributed by atoms with Crippen molar-refractivity contribution in [3.05, 3.63) is 97.0 Å². The van der Waals surface area contributed by atoms with E-state index in [1.807, 2.05) is 83.5 Å². The average Bonchev–Trinajstić information content (AvgIpc) is 3.28. The summed E-state index contributed by atoms with van der Waals surface area (Å²) in [6, 6.07) is 23.7. The van der Waals surface area contributed by atoms with E-state index in [2.05, 4.69) is 15.3 Å². The Morgan fingerprint density at radius 2 is 1.79 bits per heavy atom. The van der Waals surface area contributed by atoms with Crippen LogP contribution in [0.4, 0.5) is 11.6 Å². The summed E-state index contributed by atoms with van der Waals surface area (Å²) in [5, 5.41) is 7.97. The molecule has 2 aromatic carbocycles. The van der Waals surface area contributed by atoms with Crippen LogP contribution < -0.4 is 5.32 Å². The van der Waals surface area contributed by atoms with Crippen molar-refractivity contribution >= 4 is 28.4 Å². The van der Waals surface area contributed by atoms with Crippen molar-refractivity contribution in [3.63, 3.8) is 0 Å². The van der Waals surface area contributed by atoms with Crippen molar-refractivity contribution in [2.24, 2.45) is 0 Å². The molecular formula is C25H22N6O2S. The molecule has 0 aliphatic carbocycles. The van der Waals surface area contributed by atoms with Gasteiger partial charge in [0.1, 0.15) is 0 Å². The van der Waals surface area contributed by atoms with E-state index in [1.54, 1.807) is 19.4 Å². The van der Waals surface area contributed by atoms with Crippen LogP contribution in [0.3, 0.4) is 0 Å². The Morgan fingerprint density at radius 1 is 0.971 bits per heavy atom. The molecule has 0 spiro atoms. The molecule has 8 nitrogen and oxygen atoms in total. The highest BCUT2D eigenvalue weighted by molar-refractivity contribution is 7.76. The second kappa shape index (κ2) is 9.52. The Kier molecular flexibility index (Phi) is 6.13. The molecular weight excluding hydrogens is 448 g/mol. The largest absolute Gasteiger partial charge is 0.323 e. The van der Waals surface area contributed by atoms with E-state index >= 15 is 0 Å². The first-order valence-corrected chi connectivity index (χ1v) is 11.7. The molecule has 34 heavy (non-hydrogen) atoms. The highest BCUT2D eigenvalue weighted by atomic mass is 32.2. The molecule has 0 radical (unpaired) electrons. The molecule has 0 aliphatic rings. The lowest BCUT2D eigenvalue weighted by molar-refractivity contribution is 0.445. The number of pyridine rings is 1. The van der Waals surface area contributed by atoms with Crippen LogP contribution in [0.25, 0.3) is 27.9 Å². The Labute approximate surface area is 199 Å². The molecule has 0 amide bonds. The van der Waals surface area contributed by atoms with Gasteiger partial charge in [0.2, 0.25) is 17.2 Å². The van der Waals surface area contributed by atoms with E-state index < -0.39 is 11.3 Å². The van der Waals surface area contributed by atoms with Crippen LogP contribution in [-0.4, -0.2) is 39.7 Å². The first-order chi connectivity index (χ1) is 16.6. The summed E-state index contributed by atoms with van der Waals surface area (Å²) in [4.78, 5) is 8.62. The van der Waals surface area contributed by atoms with Gasteiger partial charge in [-0.3, -0.25) is 9.54 Å². The van der Waals surface area contributed by atoms with Crippen molar-refractivity contribution in [1.29, 1.82) is 0 Å². The van der Waals surface area contributed by atoms with Crippen LogP contribution in [0.15, 0.2) is 91.4 Å². The number of hydrogen-bond donors (Lipinski definition) is 2. The second-order valence-electron chi connectivity index (χ2n) is 7.75. The molecule has 5 aromatic rings. The Bertz CT molecular complexity index is 1450. The van der Waals surface area contributed by atoms with E-state index in [1.165, 1.54) is 4.31 Å². The topological polar surface area (TPSA) is 95.7 Å². The smallest absolute Gasteiger partial charge is 0.245 e. The standard InChI is InChI=1S/C25H22N6O2S/c1-30(34(32)33)17-20-5-2-3-7-23(20)24-13-12-22-16-27-25(29-31(22)24)28-21-10-8-18(9-11-21)19-6-4-14-26-15-19/h2-16H,17H2,1H3,(H,28,29)(H,32,33).